The molecule has 0 saturated carbocycles. The van der Waals surface area contributed by atoms with E-state index in [1.54, 1.807) is 33.5 Å². The first-order chi connectivity index (χ1) is 10.2. The molecule has 0 aromatic heterocycles. The Labute approximate surface area is 148 Å². The summed E-state index contributed by atoms with van der Waals surface area (Å²) in [6.07, 6.45) is 0. The minimum absolute atomic E-state index is 0. The number of anilines is 1. The Morgan fingerprint density at radius 2 is 1.82 bits per heavy atom. The summed E-state index contributed by atoms with van der Waals surface area (Å²) in [5, 5.41) is 2.98. The van der Waals surface area contributed by atoms with Crippen LogP contribution in [0, 0.1) is 0 Å². The quantitative estimate of drug-likeness (QED) is 0.271. The summed E-state index contributed by atoms with van der Waals surface area (Å²) in [7, 11) is 4.80. The second-order valence-corrected chi connectivity index (χ2v) is 4.07. The second-order valence-electron chi connectivity index (χ2n) is 4.07. The van der Waals surface area contributed by atoms with Gasteiger partial charge >= 0.3 is 0 Å². The van der Waals surface area contributed by atoms with Crippen molar-refractivity contribution in [3.8, 4) is 11.5 Å². The van der Waals surface area contributed by atoms with Crippen molar-refractivity contribution in [2.45, 2.75) is 0 Å². The number of hydrogen-bond acceptors (Lipinski definition) is 5. The van der Waals surface area contributed by atoms with Gasteiger partial charge in [0.25, 0.3) is 0 Å². The average molecular weight is 425 g/mol. The largest absolute Gasteiger partial charge is 0.493 e. The molecule has 0 spiro atoms. The first-order valence-corrected chi connectivity index (χ1v) is 6.57. The van der Waals surface area contributed by atoms with Gasteiger partial charge in [-0.15, -0.1) is 24.0 Å². The molecule has 0 atom stereocenters. The predicted molar refractivity (Wildman–Crippen MR) is 97.8 cm³/mol. The lowest BCUT2D eigenvalue weighted by Crippen LogP contribution is -2.23. The van der Waals surface area contributed by atoms with E-state index in [9.17, 15) is 0 Å². The van der Waals surface area contributed by atoms with Gasteiger partial charge in [-0.2, -0.15) is 0 Å². The molecule has 3 N–H and O–H groups in total. The van der Waals surface area contributed by atoms with E-state index >= 15 is 0 Å². The number of aliphatic imine (C=N–C) groups is 1. The number of halogens is 1. The molecule has 0 heterocycles. The molecule has 0 unspecified atom stereocenters. The topological polar surface area (TPSA) is 87.3 Å². The first-order valence-electron chi connectivity index (χ1n) is 6.57. The lowest BCUT2D eigenvalue weighted by Gasteiger charge is -2.11. The van der Waals surface area contributed by atoms with Gasteiger partial charge in [0.05, 0.1) is 40.6 Å². The van der Waals surface area contributed by atoms with Crippen molar-refractivity contribution in [2.24, 2.45) is 10.7 Å². The summed E-state index contributed by atoms with van der Waals surface area (Å²) < 4.78 is 20.5. The van der Waals surface area contributed by atoms with Gasteiger partial charge in [0.15, 0.2) is 17.5 Å². The van der Waals surface area contributed by atoms with Crippen LogP contribution in [0.2, 0.25) is 0 Å². The first kappa shape index (κ1) is 20.7. The molecule has 1 aromatic carbocycles. The molecule has 0 saturated heterocycles. The number of hydrogen-bond donors (Lipinski definition) is 2. The molecular weight excluding hydrogens is 401 g/mol. The Morgan fingerprint density at radius 1 is 1.09 bits per heavy atom. The third-order valence-corrected chi connectivity index (χ3v) is 2.61. The molecular formula is C14H24IN3O4. The summed E-state index contributed by atoms with van der Waals surface area (Å²) in [4.78, 5) is 4.16. The summed E-state index contributed by atoms with van der Waals surface area (Å²) >= 11 is 0. The van der Waals surface area contributed by atoms with E-state index < -0.39 is 0 Å². The highest BCUT2D eigenvalue weighted by molar-refractivity contribution is 14.0. The molecule has 0 bridgehead atoms. The van der Waals surface area contributed by atoms with Crippen LogP contribution < -0.4 is 20.5 Å². The van der Waals surface area contributed by atoms with Gasteiger partial charge in [0, 0.05) is 18.9 Å². The molecule has 0 amide bonds. The van der Waals surface area contributed by atoms with Crippen molar-refractivity contribution in [1.29, 1.82) is 0 Å². The zero-order valence-electron chi connectivity index (χ0n) is 13.1. The van der Waals surface area contributed by atoms with Crippen LogP contribution in [0.1, 0.15) is 0 Å². The maximum absolute atomic E-state index is 5.80. The highest BCUT2D eigenvalue weighted by Gasteiger charge is 2.04. The number of nitrogens with one attached hydrogen (secondary N) is 1. The third kappa shape index (κ3) is 7.66. The van der Waals surface area contributed by atoms with Crippen molar-refractivity contribution < 1.29 is 18.9 Å². The number of methoxy groups -OCH3 is 3. The van der Waals surface area contributed by atoms with Crippen LogP contribution in [-0.4, -0.2) is 53.7 Å². The molecule has 8 heteroatoms. The molecule has 1 rings (SSSR count). The molecule has 0 aliphatic rings. The number of nitrogens with zero attached hydrogens (tertiary/aromatic N) is 1. The Morgan fingerprint density at radius 3 is 2.45 bits per heavy atom. The fourth-order valence-electron chi connectivity index (χ4n) is 1.58. The Hall–Kier alpha value is -1.26. The minimum atomic E-state index is 0. The SMILES string of the molecule is COCCOCCN=C(N)Nc1ccc(OC)c(OC)c1.I. The van der Waals surface area contributed by atoms with E-state index in [1.807, 2.05) is 6.07 Å². The van der Waals surface area contributed by atoms with Gasteiger partial charge in [0.2, 0.25) is 0 Å². The Bertz CT molecular complexity index is 458. The maximum Gasteiger partial charge on any atom is 0.193 e. The predicted octanol–water partition coefficient (Wildman–Crippen LogP) is 1.71. The van der Waals surface area contributed by atoms with Crippen LogP contribution in [0.25, 0.3) is 0 Å². The highest BCUT2D eigenvalue weighted by atomic mass is 127. The highest BCUT2D eigenvalue weighted by Crippen LogP contribution is 2.29. The lowest BCUT2D eigenvalue weighted by molar-refractivity contribution is 0.0748. The van der Waals surface area contributed by atoms with Crippen molar-refractivity contribution in [2.75, 3.05) is 53.0 Å². The van der Waals surface area contributed by atoms with Gasteiger partial charge in [-0.3, -0.25) is 4.99 Å². The fourth-order valence-corrected chi connectivity index (χ4v) is 1.58. The third-order valence-electron chi connectivity index (χ3n) is 2.61. The number of guanidine groups is 1. The molecule has 0 aliphatic carbocycles. The second kappa shape index (κ2) is 12.3. The number of ether oxygens (including phenoxy) is 4. The van der Waals surface area contributed by atoms with Gasteiger partial charge in [-0.1, -0.05) is 0 Å². The van der Waals surface area contributed by atoms with Gasteiger partial charge in [0.1, 0.15) is 0 Å². The van der Waals surface area contributed by atoms with Crippen LogP contribution >= 0.6 is 24.0 Å². The minimum Gasteiger partial charge on any atom is -0.493 e. The van der Waals surface area contributed by atoms with Crippen LogP contribution in [0.15, 0.2) is 23.2 Å². The summed E-state index contributed by atoms with van der Waals surface area (Å²) in [6, 6.07) is 5.41. The fraction of sp³-hybridized carbons (Fsp3) is 0.500. The number of rotatable bonds is 9. The van der Waals surface area contributed by atoms with Gasteiger partial charge in [-0.05, 0) is 12.1 Å². The molecule has 7 nitrogen and oxygen atoms in total. The van der Waals surface area contributed by atoms with E-state index in [4.69, 9.17) is 24.7 Å². The summed E-state index contributed by atoms with van der Waals surface area (Å²) in [5.74, 6) is 1.60. The number of benzene rings is 1. The van der Waals surface area contributed by atoms with E-state index in [0.29, 0.717) is 43.8 Å². The number of nitrogens with two attached hydrogens (primary N) is 1. The monoisotopic (exact) mass is 425 g/mol. The molecule has 1 aromatic rings. The van der Waals surface area contributed by atoms with Crippen LogP contribution in [0.5, 0.6) is 11.5 Å². The normalized spacial score (nSPS) is 10.8. The average Bonchev–Trinajstić information content (AvgIpc) is 2.50. The van der Waals surface area contributed by atoms with Crippen molar-refractivity contribution in [3.63, 3.8) is 0 Å². The molecule has 0 radical (unpaired) electrons. The van der Waals surface area contributed by atoms with E-state index in [1.165, 1.54) is 0 Å². The molecule has 126 valence electrons. The smallest absolute Gasteiger partial charge is 0.193 e. The van der Waals surface area contributed by atoms with E-state index in [2.05, 4.69) is 10.3 Å². The van der Waals surface area contributed by atoms with E-state index in [-0.39, 0.29) is 24.0 Å². The zero-order valence-corrected chi connectivity index (χ0v) is 15.5. The van der Waals surface area contributed by atoms with Crippen molar-refractivity contribution in [3.05, 3.63) is 18.2 Å². The molecule has 0 aliphatic heterocycles. The Kier molecular flexibility index (Phi) is 11.6. The van der Waals surface area contributed by atoms with Gasteiger partial charge in [-0.25, -0.2) is 0 Å². The standard InChI is InChI=1S/C14H23N3O4.HI/c1-18-8-9-21-7-6-16-14(15)17-11-4-5-12(19-2)13(10-11)20-3;/h4-5,10H,6-9H2,1-3H3,(H3,15,16,17);1H. The molecule has 0 fully saturated rings. The van der Waals surface area contributed by atoms with Crippen LogP contribution in [0.3, 0.4) is 0 Å². The summed E-state index contributed by atoms with van der Waals surface area (Å²) in [5.41, 5.74) is 6.57. The lowest BCUT2D eigenvalue weighted by atomic mass is 10.3. The zero-order chi connectivity index (χ0) is 15.5. The molecule has 22 heavy (non-hydrogen) atoms. The van der Waals surface area contributed by atoms with Crippen LogP contribution in [0.4, 0.5) is 5.69 Å². The summed E-state index contributed by atoms with van der Waals surface area (Å²) in [6.45, 7) is 2.10. The van der Waals surface area contributed by atoms with Gasteiger partial charge < -0.3 is 30.0 Å². The maximum atomic E-state index is 5.80. The Balaban J connectivity index is 0.00000441. The van der Waals surface area contributed by atoms with E-state index in [0.717, 1.165) is 5.69 Å². The van der Waals surface area contributed by atoms with Crippen LogP contribution in [-0.2, 0) is 9.47 Å². The van der Waals surface area contributed by atoms with Crippen molar-refractivity contribution >= 4 is 35.6 Å². The van der Waals surface area contributed by atoms with Crippen molar-refractivity contribution in [1.82, 2.24) is 0 Å².